The Kier molecular flexibility index (Phi) is 10.5. The van der Waals surface area contributed by atoms with E-state index in [-0.39, 0.29) is 5.97 Å². The minimum Gasteiger partial charge on any atom is -0.465 e. The van der Waals surface area contributed by atoms with Gasteiger partial charge in [0.25, 0.3) is 0 Å². The van der Waals surface area contributed by atoms with Gasteiger partial charge in [0.15, 0.2) is 0 Å². The monoisotopic (exact) mass is 744 g/mol. The summed E-state index contributed by atoms with van der Waals surface area (Å²) in [6, 6.07) is 36.7. The summed E-state index contributed by atoms with van der Waals surface area (Å²) in [6.07, 6.45) is 0. The fourth-order valence-corrected chi connectivity index (χ4v) is 6.06. The van der Waals surface area contributed by atoms with Crippen LogP contribution in [0, 0.1) is 11.3 Å². The van der Waals surface area contributed by atoms with Gasteiger partial charge in [-0.2, -0.15) is 5.26 Å². The Bertz CT molecular complexity index is 1980. The molecule has 0 spiro atoms. The number of benzene rings is 6. The number of carbonyl (C=O) groups excluding carboxylic acids is 2. The van der Waals surface area contributed by atoms with Crippen molar-refractivity contribution in [2.75, 3.05) is 7.11 Å². The third kappa shape index (κ3) is 7.42. The van der Waals surface area contributed by atoms with Crippen LogP contribution in [0.1, 0.15) is 26.3 Å². The van der Waals surface area contributed by atoms with E-state index in [4.69, 9.17) is 11.0 Å². The standard InChI is InChI=1S/C12H9BrO2.C11H8BrNO.C11H6BrN/c1-15-12(14)9-6-8-4-2-3-5-10(8)11(13)7-9;12-10-6-8(11(13)14)5-7-3-1-2-4-9(7)10;12-11-6-8(7-13)5-9-3-1-2-4-10(9)11/h2-7H,1H3;1-6H,(H2,13,14);1-6H. The van der Waals surface area contributed by atoms with Crippen molar-refractivity contribution < 1.29 is 14.3 Å². The average molecular weight is 747 g/mol. The Morgan fingerprint density at radius 2 is 1.05 bits per heavy atom. The predicted molar refractivity (Wildman–Crippen MR) is 180 cm³/mol. The molecule has 0 aromatic heterocycles. The van der Waals surface area contributed by atoms with Crippen LogP contribution < -0.4 is 5.73 Å². The number of esters is 1. The molecule has 8 heteroatoms. The molecular formula is C34H23Br3N2O3. The number of nitrogens with zero attached hydrogens (tertiary/aromatic N) is 1. The molecule has 0 unspecified atom stereocenters. The van der Waals surface area contributed by atoms with E-state index >= 15 is 0 Å². The molecule has 0 radical (unpaired) electrons. The first-order chi connectivity index (χ1) is 20.2. The number of nitrogens with two attached hydrogens (primary N) is 1. The van der Waals surface area contributed by atoms with Gasteiger partial charge in [-0.3, -0.25) is 4.79 Å². The van der Waals surface area contributed by atoms with E-state index in [2.05, 4.69) is 58.6 Å². The minimum atomic E-state index is -0.406. The summed E-state index contributed by atoms with van der Waals surface area (Å²) in [7, 11) is 1.38. The van der Waals surface area contributed by atoms with E-state index in [1.165, 1.54) is 7.11 Å². The number of carbonyl (C=O) groups is 2. The van der Waals surface area contributed by atoms with Crippen LogP contribution in [0.5, 0.6) is 0 Å². The van der Waals surface area contributed by atoms with Crippen LogP contribution in [-0.4, -0.2) is 19.0 Å². The minimum absolute atomic E-state index is 0.318. The van der Waals surface area contributed by atoms with Gasteiger partial charge >= 0.3 is 5.97 Å². The fourth-order valence-electron chi connectivity index (χ4n) is 4.23. The molecule has 6 aromatic rings. The molecule has 0 atom stereocenters. The fraction of sp³-hybridized carbons (Fsp3) is 0.0294. The van der Waals surface area contributed by atoms with Crippen molar-refractivity contribution >= 4 is 92.0 Å². The molecule has 6 rings (SSSR count). The molecule has 0 fully saturated rings. The Balaban J connectivity index is 0.000000145. The van der Waals surface area contributed by atoms with Gasteiger partial charge in [-0.05, 0) is 68.7 Å². The highest BCUT2D eigenvalue weighted by molar-refractivity contribution is 9.11. The maximum Gasteiger partial charge on any atom is 0.337 e. The van der Waals surface area contributed by atoms with Crippen molar-refractivity contribution in [3.05, 3.63) is 139 Å². The largest absolute Gasteiger partial charge is 0.465 e. The number of primary amides is 1. The van der Waals surface area contributed by atoms with Crippen LogP contribution in [0.2, 0.25) is 0 Å². The highest BCUT2D eigenvalue weighted by Gasteiger charge is 2.08. The van der Waals surface area contributed by atoms with Crippen molar-refractivity contribution in [2.45, 2.75) is 0 Å². The number of ether oxygens (including phenoxy) is 1. The lowest BCUT2D eigenvalue weighted by Crippen LogP contribution is -2.10. The van der Waals surface area contributed by atoms with Crippen molar-refractivity contribution in [3.8, 4) is 6.07 Å². The van der Waals surface area contributed by atoms with Crippen molar-refractivity contribution in [2.24, 2.45) is 5.73 Å². The molecule has 0 aliphatic carbocycles. The van der Waals surface area contributed by atoms with E-state index in [0.29, 0.717) is 16.7 Å². The molecule has 6 aromatic carbocycles. The maximum atomic E-state index is 11.4. The number of hydrogen-bond acceptors (Lipinski definition) is 4. The van der Waals surface area contributed by atoms with Crippen LogP contribution in [-0.2, 0) is 4.74 Å². The van der Waals surface area contributed by atoms with Crippen molar-refractivity contribution in [1.29, 1.82) is 5.26 Å². The van der Waals surface area contributed by atoms with Gasteiger partial charge in [0.05, 0.1) is 24.3 Å². The van der Waals surface area contributed by atoms with Gasteiger partial charge in [-0.15, -0.1) is 0 Å². The molecule has 5 nitrogen and oxygen atoms in total. The normalized spacial score (nSPS) is 10.2. The van der Waals surface area contributed by atoms with Crippen LogP contribution in [0.4, 0.5) is 0 Å². The summed E-state index contributed by atoms with van der Waals surface area (Å²) in [5.74, 6) is -0.724. The number of fused-ring (bicyclic) bond motifs is 3. The number of halogens is 3. The lowest BCUT2D eigenvalue weighted by Gasteiger charge is -2.04. The maximum absolute atomic E-state index is 11.4. The molecule has 0 aliphatic heterocycles. The SMILES string of the molecule is COC(=O)c1cc(Br)c2ccccc2c1.N#Cc1cc(Br)c2ccccc2c1.NC(=O)c1cc(Br)c2ccccc2c1. The molecule has 208 valence electrons. The summed E-state index contributed by atoms with van der Waals surface area (Å²) >= 11 is 10.3. The summed E-state index contributed by atoms with van der Waals surface area (Å²) in [6.45, 7) is 0. The first-order valence-corrected chi connectivity index (χ1v) is 14.9. The first kappa shape index (κ1) is 30.9. The molecule has 0 saturated heterocycles. The third-order valence-electron chi connectivity index (χ3n) is 6.27. The van der Waals surface area contributed by atoms with Gasteiger partial charge in [0.1, 0.15) is 0 Å². The molecule has 0 bridgehead atoms. The Hall–Kier alpha value is -4.03. The topological polar surface area (TPSA) is 93.2 Å². The average Bonchev–Trinajstić information content (AvgIpc) is 3.01. The van der Waals surface area contributed by atoms with Gasteiger partial charge in [-0.1, -0.05) is 121 Å². The zero-order valence-electron chi connectivity index (χ0n) is 22.3. The van der Waals surface area contributed by atoms with Gasteiger partial charge < -0.3 is 10.5 Å². The molecule has 2 N–H and O–H groups in total. The second-order valence-corrected chi connectivity index (χ2v) is 11.6. The van der Waals surface area contributed by atoms with E-state index in [1.807, 2.05) is 91.0 Å². The predicted octanol–water partition coefficient (Wildman–Crippen LogP) is 9.56. The number of methoxy groups -OCH3 is 1. The third-order valence-corrected chi connectivity index (χ3v) is 8.24. The second-order valence-electron chi connectivity index (χ2n) is 9.01. The Morgan fingerprint density at radius 1 is 0.643 bits per heavy atom. The van der Waals surface area contributed by atoms with Crippen LogP contribution in [0.3, 0.4) is 0 Å². The van der Waals surface area contributed by atoms with E-state index in [1.54, 1.807) is 18.2 Å². The Labute approximate surface area is 268 Å². The van der Waals surface area contributed by atoms with Crippen LogP contribution in [0.25, 0.3) is 32.3 Å². The molecule has 42 heavy (non-hydrogen) atoms. The molecule has 0 aliphatic rings. The summed E-state index contributed by atoms with van der Waals surface area (Å²) in [5, 5.41) is 15.2. The van der Waals surface area contributed by atoms with E-state index in [9.17, 15) is 9.59 Å². The summed E-state index contributed by atoms with van der Waals surface area (Å²) in [4.78, 5) is 22.4. The number of hydrogen-bond donors (Lipinski definition) is 1. The molecular weight excluding hydrogens is 724 g/mol. The van der Waals surface area contributed by atoms with Crippen molar-refractivity contribution in [3.63, 3.8) is 0 Å². The lowest BCUT2D eigenvalue weighted by molar-refractivity contribution is 0.0600. The molecule has 0 saturated carbocycles. The molecule has 0 heterocycles. The quantitative estimate of drug-likeness (QED) is 0.179. The number of nitriles is 1. The van der Waals surface area contributed by atoms with E-state index in [0.717, 1.165) is 45.7 Å². The highest BCUT2D eigenvalue weighted by atomic mass is 79.9. The summed E-state index contributed by atoms with van der Waals surface area (Å²) < 4.78 is 7.45. The Morgan fingerprint density at radius 3 is 1.50 bits per heavy atom. The summed E-state index contributed by atoms with van der Waals surface area (Å²) in [5.41, 5.74) is 6.98. The highest BCUT2D eigenvalue weighted by Crippen LogP contribution is 2.27. The zero-order valence-corrected chi connectivity index (χ0v) is 27.0. The number of amides is 1. The number of rotatable bonds is 2. The second kappa shape index (κ2) is 14.2. The van der Waals surface area contributed by atoms with Crippen LogP contribution >= 0.6 is 47.8 Å². The zero-order chi connectivity index (χ0) is 30.2. The van der Waals surface area contributed by atoms with Gasteiger partial charge in [0, 0.05) is 19.0 Å². The van der Waals surface area contributed by atoms with Crippen molar-refractivity contribution in [1.82, 2.24) is 0 Å². The first-order valence-electron chi connectivity index (χ1n) is 12.5. The van der Waals surface area contributed by atoms with E-state index < -0.39 is 5.91 Å². The van der Waals surface area contributed by atoms with Crippen LogP contribution in [0.15, 0.2) is 123 Å². The smallest absolute Gasteiger partial charge is 0.337 e. The lowest BCUT2D eigenvalue weighted by atomic mass is 10.1. The van der Waals surface area contributed by atoms with Gasteiger partial charge in [0.2, 0.25) is 5.91 Å². The molecule has 1 amide bonds. The van der Waals surface area contributed by atoms with Gasteiger partial charge in [-0.25, -0.2) is 4.79 Å².